The van der Waals surface area contributed by atoms with Crippen LogP contribution in [-0.4, -0.2) is 35.1 Å². The van der Waals surface area contributed by atoms with E-state index < -0.39 is 0 Å². The first-order chi connectivity index (χ1) is 12.1. The molecule has 1 amide bonds. The Kier molecular flexibility index (Phi) is 5.66. The highest BCUT2D eigenvalue weighted by atomic mass is 32.1. The van der Waals surface area contributed by atoms with Crippen molar-refractivity contribution in [2.45, 2.75) is 25.8 Å². The Labute approximate surface area is 154 Å². The van der Waals surface area contributed by atoms with Gasteiger partial charge in [0, 0.05) is 30.4 Å². The van der Waals surface area contributed by atoms with Crippen LogP contribution in [0.2, 0.25) is 0 Å². The maximum absolute atomic E-state index is 12.3. The van der Waals surface area contributed by atoms with E-state index in [2.05, 4.69) is 15.5 Å². The number of hydrogen-bond donors (Lipinski definition) is 2. The van der Waals surface area contributed by atoms with Crippen LogP contribution in [0, 0.1) is 6.92 Å². The Hall–Kier alpha value is -2.40. The lowest BCUT2D eigenvalue weighted by atomic mass is 10.0. The van der Waals surface area contributed by atoms with Crippen LogP contribution in [0.25, 0.3) is 0 Å². The minimum Gasteiger partial charge on any atom is -0.349 e. The predicted molar refractivity (Wildman–Crippen MR) is 106 cm³/mol. The summed E-state index contributed by atoms with van der Waals surface area (Å²) < 4.78 is 0. The van der Waals surface area contributed by atoms with Crippen LogP contribution in [0.3, 0.4) is 0 Å². The molecule has 5 heteroatoms. The van der Waals surface area contributed by atoms with Gasteiger partial charge in [0.2, 0.25) is 0 Å². The van der Waals surface area contributed by atoms with Crippen LogP contribution in [0.5, 0.6) is 0 Å². The normalized spacial score (nSPS) is 14.8. The number of nitrogens with one attached hydrogen (secondary N) is 2. The van der Waals surface area contributed by atoms with Crippen molar-refractivity contribution in [1.82, 2.24) is 10.2 Å². The smallest absolute Gasteiger partial charge is 0.251 e. The van der Waals surface area contributed by atoms with E-state index in [1.165, 1.54) is 0 Å². The van der Waals surface area contributed by atoms with E-state index in [4.69, 9.17) is 12.2 Å². The van der Waals surface area contributed by atoms with E-state index in [1.807, 2.05) is 61.5 Å². The number of carbonyl (C=O) groups is 1. The predicted octanol–water partition coefficient (Wildman–Crippen LogP) is 3.59. The van der Waals surface area contributed by atoms with Gasteiger partial charge < -0.3 is 15.5 Å². The number of carbonyl (C=O) groups excluding carboxylic acids is 1. The van der Waals surface area contributed by atoms with Crippen molar-refractivity contribution in [2.75, 3.05) is 18.4 Å². The second-order valence-electron chi connectivity index (χ2n) is 6.40. The summed E-state index contributed by atoms with van der Waals surface area (Å²) >= 11 is 5.50. The summed E-state index contributed by atoms with van der Waals surface area (Å²) in [5.41, 5.74) is 2.88. The molecule has 3 rings (SSSR count). The Morgan fingerprint density at radius 1 is 1.04 bits per heavy atom. The fraction of sp³-hybridized carbons (Fsp3) is 0.300. The quantitative estimate of drug-likeness (QED) is 0.828. The fourth-order valence-corrected chi connectivity index (χ4v) is 3.23. The summed E-state index contributed by atoms with van der Waals surface area (Å²) in [7, 11) is 0. The van der Waals surface area contributed by atoms with Crippen molar-refractivity contribution in [2.24, 2.45) is 0 Å². The van der Waals surface area contributed by atoms with Gasteiger partial charge in [0.25, 0.3) is 5.91 Å². The number of nitrogens with zero attached hydrogens (tertiary/aromatic N) is 1. The minimum atomic E-state index is 0.00318. The molecule has 0 aliphatic carbocycles. The van der Waals surface area contributed by atoms with Crippen LogP contribution >= 0.6 is 12.2 Å². The molecule has 4 nitrogen and oxygen atoms in total. The molecule has 130 valence electrons. The molecule has 1 heterocycles. The first-order valence-electron chi connectivity index (χ1n) is 8.60. The number of benzene rings is 2. The zero-order valence-electron chi connectivity index (χ0n) is 14.4. The molecule has 0 spiro atoms. The zero-order valence-corrected chi connectivity index (χ0v) is 15.2. The molecule has 2 aromatic carbocycles. The van der Waals surface area contributed by atoms with Crippen LogP contribution in [-0.2, 0) is 0 Å². The zero-order chi connectivity index (χ0) is 17.6. The van der Waals surface area contributed by atoms with Crippen molar-refractivity contribution >= 4 is 28.9 Å². The SMILES string of the molecule is Cc1ccc(C(=O)NC2CCN(C(=S)Nc3ccccc3)CC2)cc1. The van der Waals surface area contributed by atoms with Gasteiger partial charge in [-0.25, -0.2) is 0 Å². The average molecular weight is 353 g/mol. The van der Waals surface area contributed by atoms with Crippen molar-refractivity contribution in [3.63, 3.8) is 0 Å². The Bertz CT molecular complexity index is 722. The number of rotatable bonds is 3. The monoisotopic (exact) mass is 353 g/mol. The number of para-hydroxylation sites is 1. The molecule has 0 aromatic heterocycles. The first kappa shape index (κ1) is 17.4. The van der Waals surface area contributed by atoms with Crippen LogP contribution < -0.4 is 10.6 Å². The number of piperidine rings is 1. The van der Waals surface area contributed by atoms with E-state index in [9.17, 15) is 4.79 Å². The van der Waals surface area contributed by atoms with E-state index in [0.29, 0.717) is 5.56 Å². The molecule has 1 aliphatic rings. The van der Waals surface area contributed by atoms with Gasteiger partial charge in [0.1, 0.15) is 0 Å². The van der Waals surface area contributed by atoms with Crippen molar-refractivity contribution in [3.05, 3.63) is 65.7 Å². The number of aryl methyl sites for hydroxylation is 1. The Morgan fingerprint density at radius 2 is 1.68 bits per heavy atom. The standard InChI is InChI=1S/C20H23N3OS/c1-15-7-9-16(10-8-15)19(24)21-18-11-13-23(14-12-18)20(25)22-17-5-3-2-4-6-17/h2-10,18H,11-14H2,1H3,(H,21,24)(H,22,25). The second kappa shape index (κ2) is 8.12. The molecule has 25 heavy (non-hydrogen) atoms. The number of thiocarbonyl (C=S) groups is 1. The molecule has 2 aromatic rings. The lowest BCUT2D eigenvalue weighted by molar-refractivity contribution is 0.0922. The Morgan fingerprint density at radius 3 is 2.32 bits per heavy atom. The summed E-state index contributed by atoms with van der Waals surface area (Å²) in [6.07, 6.45) is 1.79. The van der Waals surface area contributed by atoms with Gasteiger partial charge in [-0.2, -0.15) is 0 Å². The van der Waals surface area contributed by atoms with E-state index in [-0.39, 0.29) is 11.9 Å². The molecule has 0 atom stereocenters. The summed E-state index contributed by atoms with van der Waals surface area (Å²) in [4.78, 5) is 14.5. The number of anilines is 1. The molecule has 2 N–H and O–H groups in total. The van der Waals surface area contributed by atoms with Crippen LogP contribution in [0.4, 0.5) is 5.69 Å². The number of amides is 1. The van der Waals surface area contributed by atoms with Gasteiger partial charge in [-0.1, -0.05) is 35.9 Å². The molecule has 1 fully saturated rings. The maximum Gasteiger partial charge on any atom is 0.251 e. The van der Waals surface area contributed by atoms with Gasteiger partial charge in [0.15, 0.2) is 5.11 Å². The summed E-state index contributed by atoms with van der Waals surface area (Å²) in [6.45, 7) is 3.71. The summed E-state index contributed by atoms with van der Waals surface area (Å²) in [5, 5.41) is 7.15. The van der Waals surface area contributed by atoms with Crippen molar-refractivity contribution in [1.29, 1.82) is 0 Å². The lowest BCUT2D eigenvalue weighted by Crippen LogP contribution is -2.47. The van der Waals surface area contributed by atoms with E-state index >= 15 is 0 Å². The highest BCUT2D eigenvalue weighted by molar-refractivity contribution is 7.80. The molecular weight excluding hydrogens is 330 g/mol. The second-order valence-corrected chi connectivity index (χ2v) is 6.78. The van der Waals surface area contributed by atoms with Gasteiger partial charge in [-0.3, -0.25) is 4.79 Å². The number of likely N-dealkylation sites (tertiary alicyclic amines) is 1. The minimum absolute atomic E-state index is 0.00318. The highest BCUT2D eigenvalue weighted by Gasteiger charge is 2.22. The van der Waals surface area contributed by atoms with E-state index in [0.717, 1.165) is 42.3 Å². The van der Waals surface area contributed by atoms with Gasteiger partial charge in [-0.05, 0) is 56.2 Å². The molecule has 1 aliphatic heterocycles. The molecular formula is C20H23N3OS. The lowest BCUT2D eigenvalue weighted by Gasteiger charge is -2.34. The largest absolute Gasteiger partial charge is 0.349 e. The van der Waals surface area contributed by atoms with Crippen molar-refractivity contribution < 1.29 is 4.79 Å². The average Bonchev–Trinajstić information content (AvgIpc) is 2.63. The van der Waals surface area contributed by atoms with Crippen LogP contribution in [0.1, 0.15) is 28.8 Å². The van der Waals surface area contributed by atoms with Gasteiger partial charge in [-0.15, -0.1) is 0 Å². The highest BCUT2D eigenvalue weighted by Crippen LogP contribution is 2.14. The first-order valence-corrected chi connectivity index (χ1v) is 9.01. The Balaban J connectivity index is 1.47. The molecule has 0 radical (unpaired) electrons. The summed E-state index contributed by atoms with van der Waals surface area (Å²) in [5.74, 6) is 0.00318. The number of hydrogen-bond acceptors (Lipinski definition) is 2. The molecule has 0 unspecified atom stereocenters. The fourth-order valence-electron chi connectivity index (χ4n) is 2.92. The molecule has 1 saturated heterocycles. The molecule has 0 saturated carbocycles. The third-order valence-electron chi connectivity index (χ3n) is 4.46. The third kappa shape index (κ3) is 4.79. The van der Waals surface area contributed by atoms with E-state index in [1.54, 1.807) is 0 Å². The maximum atomic E-state index is 12.3. The van der Waals surface area contributed by atoms with Crippen LogP contribution in [0.15, 0.2) is 54.6 Å². The topological polar surface area (TPSA) is 44.4 Å². The molecule has 0 bridgehead atoms. The van der Waals surface area contributed by atoms with Gasteiger partial charge >= 0.3 is 0 Å². The summed E-state index contributed by atoms with van der Waals surface area (Å²) in [6, 6.07) is 17.8. The van der Waals surface area contributed by atoms with Crippen molar-refractivity contribution in [3.8, 4) is 0 Å². The van der Waals surface area contributed by atoms with Gasteiger partial charge in [0.05, 0.1) is 0 Å². The third-order valence-corrected chi connectivity index (χ3v) is 4.82.